The fraction of sp³-hybridized carbons (Fsp3) is 0.167. The summed E-state index contributed by atoms with van der Waals surface area (Å²) in [5, 5.41) is 5.23. The lowest BCUT2D eigenvalue weighted by atomic mass is 10.2. The van der Waals surface area contributed by atoms with Gasteiger partial charge in [-0.05, 0) is 26.0 Å². The van der Waals surface area contributed by atoms with Gasteiger partial charge in [-0.1, -0.05) is 0 Å². The lowest BCUT2D eigenvalue weighted by Crippen LogP contribution is -2.05. The van der Waals surface area contributed by atoms with E-state index in [-0.39, 0.29) is 0 Å². The van der Waals surface area contributed by atoms with Crippen molar-refractivity contribution >= 4 is 16.7 Å². The number of fused-ring (bicyclic) bond motifs is 1. The van der Waals surface area contributed by atoms with E-state index in [1.165, 1.54) is 0 Å². The Hall–Kier alpha value is -2.50. The van der Waals surface area contributed by atoms with Crippen molar-refractivity contribution in [3.05, 3.63) is 35.9 Å². The van der Waals surface area contributed by atoms with Crippen LogP contribution in [0.3, 0.4) is 0 Å². The second kappa shape index (κ2) is 3.76. The lowest BCUT2D eigenvalue weighted by Gasteiger charge is -2.02. The van der Waals surface area contributed by atoms with E-state index in [4.69, 9.17) is 5.73 Å². The predicted molar refractivity (Wildman–Crippen MR) is 68.3 cm³/mol. The summed E-state index contributed by atoms with van der Waals surface area (Å²) in [5.74, 6) is 0.532. The van der Waals surface area contributed by atoms with Crippen LogP contribution in [-0.2, 0) is 0 Å². The van der Waals surface area contributed by atoms with Crippen LogP contribution >= 0.6 is 0 Å². The molecule has 2 N–H and O–H groups in total. The number of aromatic nitrogens is 5. The van der Waals surface area contributed by atoms with E-state index in [9.17, 15) is 0 Å². The Balaban J connectivity index is 2.31. The lowest BCUT2D eigenvalue weighted by molar-refractivity contribution is 0.784. The number of rotatable bonds is 1. The van der Waals surface area contributed by atoms with Gasteiger partial charge in [-0.25, -0.2) is 19.6 Å². The highest BCUT2D eigenvalue weighted by molar-refractivity contribution is 5.90. The van der Waals surface area contributed by atoms with Gasteiger partial charge in [0.2, 0.25) is 0 Å². The summed E-state index contributed by atoms with van der Waals surface area (Å²) in [6, 6.07) is 3.60. The molecule has 3 aromatic heterocycles. The normalized spacial score (nSPS) is 11.0. The van der Waals surface area contributed by atoms with Crippen molar-refractivity contribution in [1.29, 1.82) is 0 Å². The van der Waals surface area contributed by atoms with E-state index in [0.29, 0.717) is 17.3 Å². The molecule has 0 atom stereocenters. The molecule has 0 radical (unpaired) electrons. The van der Waals surface area contributed by atoms with Gasteiger partial charge in [-0.15, -0.1) is 5.10 Å². The Morgan fingerprint density at radius 3 is 2.61 bits per heavy atom. The molecule has 0 aromatic carbocycles. The molecule has 6 nitrogen and oxygen atoms in total. The third-order valence-corrected chi connectivity index (χ3v) is 2.81. The van der Waals surface area contributed by atoms with Crippen LogP contribution in [0.4, 0.5) is 5.69 Å². The van der Waals surface area contributed by atoms with Gasteiger partial charge in [0.1, 0.15) is 0 Å². The van der Waals surface area contributed by atoms with Crippen LogP contribution in [0, 0.1) is 13.8 Å². The molecule has 0 fully saturated rings. The van der Waals surface area contributed by atoms with E-state index in [0.717, 1.165) is 16.8 Å². The first-order valence-corrected chi connectivity index (χ1v) is 5.56. The molecular weight excluding hydrogens is 228 g/mol. The molecule has 0 saturated carbocycles. The number of aryl methyl sites for hydroxylation is 2. The van der Waals surface area contributed by atoms with Crippen LogP contribution in [0.25, 0.3) is 17.0 Å². The first-order valence-electron chi connectivity index (χ1n) is 5.56. The maximum Gasteiger partial charge on any atom is 0.251 e. The van der Waals surface area contributed by atoms with Crippen molar-refractivity contribution < 1.29 is 0 Å². The SMILES string of the molecule is Cc1ccnc(-n2nc3nccc(N)c3c2C)n1. The quantitative estimate of drug-likeness (QED) is 0.695. The third kappa shape index (κ3) is 1.50. The van der Waals surface area contributed by atoms with Crippen LogP contribution in [-0.4, -0.2) is 24.7 Å². The minimum atomic E-state index is 0.532. The zero-order valence-electron chi connectivity index (χ0n) is 10.1. The third-order valence-electron chi connectivity index (χ3n) is 2.81. The number of nitrogens with zero attached hydrogens (tertiary/aromatic N) is 5. The van der Waals surface area contributed by atoms with Crippen molar-refractivity contribution in [2.24, 2.45) is 0 Å². The zero-order valence-corrected chi connectivity index (χ0v) is 10.1. The van der Waals surface area contributed by atoms with Crippen molar-refractivity contribution in [1.82, 2.24) is 24.7 Å². The predicted octanol–water partition coefficient (Wildman–Crippen LogP) is 1.41. The Labute approximate surface area is 104 Å². The standard InChI is InChI=1S/C12H12N6/c1-7-3-5-15-12(16-7)18-8(2)10-9(13)4-6-14-11(10)17-18/h3-6H,13H2,1-2H3. The first kappa shape index (κ1) is 10.6. The van der Waals surface area contributed by atoms with E-state index in [2.05, 4.69) is 20.1 Å². The zero-order chi connectivity index (χ0) is 12.7. The largest absolute Gasteiger partial charge is 0.398 e. The number of nitrogens with two attached hydrogens (primary N) is 1. The smallest absolute Gasteiger partial charge is 0.251 e. The van der Waals surface area contributed by atoms with E-state index in [1.807, 2.05) is 19.9 Å². The summed E-state index contributed by atoms with van der Waals surface area (Å²) >= 11 is 0. The second-order valence-electron chi connectivity index (χ2n) is 4.09. The molecule has 0 bridgehead atoms. The number of nitrogen functional groups attached to an aromatic ring is 1. The summed E-state index contributed by atoms with van der Waals surface area (Å²) in [6.45, 7) is 3.84. The highest BCUT2D eigenvalue weighted by Gasteiger charge is 2.13. The van der Waals surface area contributed by atoms with Gasteiger partial charge in [0.05, 0.1) is 11.1 Å². The van der Waals surface area contributed by atoms with Gasteiger partial charge < -0.3 is 5.73 Å². The number of anilines is 1. The topological polar surface area (TPSA) is 82.5 Å². The van der Waals surface area contributed by atoms with Crippen LogP contribution in [0.15, 0.2) is 24.5 Å². The molecule has 3 rings (SSSR count). The summed E-state index contributed by atoms with van der Waals surface area (Å²) in [7, 11) is 0. The van der Waals surface area contributed by atoms with Crippen LogP contribution in [0.1, 0.15) is 11.4 Å². The van der Waals surface area contributed by atoms with E-state index in [1.54, 1.807) is 23.1 Å². The Morgan fingerprint density at radius 1 is 1.11 bits per heavy atom. The number of hydrogen-bond acceptors (Lipinski definition) is 5. The van der Waals surface area contributed by atoms with Gasteiger partial charge in [0.15, 0.2) is 5.65 Å². The van der Waals surface area contributed by atoms with E-state index < -0.39 is 0 Å². The summed E-state index contributed by atoms with van der Waals surface area (Å²) in [6.07, 6.45) is 3.35. The molecule has 0 unspecified atom stereocenters. The highest BCUT2D eigenvalue weighted by Crippen LogP contribution is 2.23. The average Bonchev–Trinajstić information content (AvgIpc) is 2.68. The maximum absolute atomic E-state index is 5.94. The highest BCUT2D eigenvalue weighted by atomic mass is 15.4. The van der Waals surface area contributed by atoms with E-state index >= 15 is 0 Å². The summed E-state index contributed by atoms with van der Waals surface area (Å²) < 4.78 is 1.67. The molecule has 0 aliphatic rings. The first-order chi connectivity index (χ1) is 8.66. The maximum atomic E-state index is 5.94. The molecule has 18 heavy (non-hydrogen) atoms. The van der Waals surface area contributed by atoms with Gasteiger partial charge in [0, 0.05) is 23.8 Å². The fourth-order valence-corrected chi connectivity index (χ4v) is 1.92. The van der Waals surface area contributed by atoms with Crippen molar-refractivity contribution in [2.45, 2.75) is 13.8 Å². The van der Waals surface area contributed by atoms with Crippen molar-refractivity contribution in [3.8, 4) is 5.95 Å². The monoisotopic (exact) mass is 240 g/mol. The molecule has 0 aliphatic carbocycles. The molecule has 90 valence electrons. The van der Waals surface area contributed by atoms with Crippen molar-refractivity contribution in [2.75, 3.05) is 5.73 Å². The minimum Gasteiger partial charge on any atom is -0.398 e. The van der Waals surface area contributed by atoms with Crippen LogP contribution in [0.2, 0.25) is 0 Å². The molecule has 3 aromatic rings. The minimum absolute atomic E-state index is 0.532. The van der Waals surface area contributed by atoms with Crippen molar-refractivity contribution in [3.63, 3.8) is 0 Å². The molecular formula is C12H12N6. The summed E-state index contributed by atoms with van der Waals surface area (Å²) in [5.41, 5.74) is 9.00. The van der Waals surface area contributed by atoms with Gasteiger partial charge >= 0.3 is 0 Å². The Morgan fingerprint density at radius 2 is 1.89 bits per heavy atom. The Kier molecular flexibility index (Phi) is 2.22. The molecule has 6 heteroatoms. The summed E-state index contributed by atoms with van der Waals surface area (Å²) in [4.78, 5) is 12.8. The van der Waals surface area contributed by atoms with Crippen LogP contribution in [0.5, 0.6) is 0 Å². The fourth-order valence-electron chi connectivity index (χ4n) is 1.92. The molecule has 3 heterocycles. The molecule has 0 aliphatic heterocycles. The second-order valence-corrected chi connectivity index (χ2v) is 4.09. The van der Waals surface area contributed by atoms with Gasteiger partial charge in [-0.3, -0.25) is 0 Å². The number of hydrogen-bond donors (Lipinski definition) is 1. The van der Waals surface area contributed by atoms with Gasteiger partial charge in [0.25, 0.3) is 5.95 Å². The molecule has 0 saturated heterocycles. The van der Waals surface area contributed by atoms with Crippen LogP contribution < -0.4 is 5.73 Å². The van der Waals surface area contributed by atoms with Gasteiger partial charge in [-0.2, -0.15) is 0 Å². The molecule has 0 amide bonds. The average molecular weight is 240 g/mol. The number of pyridine rings is 1. The Bertz CT molecular complexity index is 731. The molecule has 0 spiro atoms.